The first kappa shape index (κ1) is 37.6. The molecule has 1 aliphatic carbocycles. The van der Waals surface area contributed by atoms with Crippen LogP contribution in [-0.4, -0.2) is 6.71 Å². The number of nitrogens with zero attached hydrogens (tertiary/aromatic N) is 2. The van der Waals surface area contributed by atoms with Crippen LogP contribution in [0.1, 0.15) is 49.1 Å². The van der Waals surface area contributed by atoms with E-state index < -0.39 is 0 Å². The van der Waals surface area contributed by atoms with Gasteiger partial charge in [-0.1, -0.05) is 147 Å². The van der Waals surface area contributed by atoms with Crippen LogP contribution in [0.3, 0.4) is 0 Å². The van der Waals surface area contributed by atoms with Gasteiger partial charge in [0.25, 0.3) is 6.71 Å². The lowest BCUT2D eigenvalue weighted by molar-refractivity contribution is 0.444. The van der Waals surface area contributed by atoms with Crippen LogP contribution in [0.4, 0.5) is 34.1 Å². The maximum Gasteiger partial charge on any atom is 0.252 e. The van der Waals surface area contributed by atoms with Gasteiger partial charge >= 0.3 is 0 Å². The Kier molecular flexibility index (Phi) is 8.34. The Balaban J connectivity index is 1.00. The molecule has 9 aromatic carbocycles. The Morgan fingerprint density at radius 1 is 0.439 bits per heavy atom. The maximum atomic E-state index is 6.66. The van der Waals surface area contributed by atoms with Gasteiger partial charge in [0, 0.05) is 66.8 Å². The molecule has 0 unspecified atom stereocenters. The molecule has 4 heterocycles. The second-order valence-corrected chi connectivity index (χ2v) is 18.7. The largest absolute Gasteiger partial charge is 0.455 e. The number of anilines is 6. The molecule has 0 spiro atoms. The van der Waals surface area contributed by atoms with Crippen molar-refractivity contribution in [2.24, 2.45) is 0 Å². The number of rotatable bonds is 5. The molecule has 314 valence electrons. The number of hydrogen-bond donors (Lipinski definition) is 0. The monoisotopic (exact) mass is 848 g/mol. The summed E-state index contributed by atoms with van der Waals surface area (Å²) in [6.45, 7) is 2.23. The molecule has 11 aromatic rings. The van der Waals surface area contributed by atoms with Crippen molar-refractivity contribution >= 4 is 101 Å². The Hall–Kier alpha value is -7.76. The van der Waals surface area contributed by atoms with Crippen molar-refractivity contribution in [1.29, 1.82) is 0 Å². The summed E-state index contributed by atoms with van der Waals surface area (Å²) in [5, 5.41) is 4.58. The number of aryl methyl sites for hydroxylation is 1. The maximum absolute atomic E-state index is 6.66. The van der Waals surface area contributed by atoms with E-state index in [4.69, 9.17) is 8.83 Å². The number of para-hydroxylation sites is 5. The van der Waals surface area contributed by atoms with Crippen LogP contribution in [0.5, 0.6) is 0 Å². The average molecular weight is 849 g/mol. The van der Waals surface area contributed by atoms with Crippen molar-refractivity contribution in [3.63, 3.8) is 0 Å². The van der Waals surface area contributed by atoms with Crippen LogP contribution in [0.2, 0.25) is 0 Å². The first-order valence-corrected chi connectivity index (χ1v) is 23.6. The second-order valence-electron chi connectivity index (χ2n) is 18.7. The van der Waals surface area contributed by atoms with E-state index in [9.17, 15) is 0 Å². The zero-order valence-corrected chi connectivity index (χ0v) is 36.8. The minimum atomic E-state index is -0.00277. The first-order chi connectivity index (χ1) is 32.6. The van der Waals surface area contributed by atoms with Crippen molar-refractivity contribution in [3.05, 3.63) is 199 Å². The zero-order chi connectivity index (χ0) is 43.5. The van der Waals surface area contributed by atoms with Crippen molar-refractivity contribution < 1.29 is 8.83 Å². The highest BCUT2D eigenvalue weighted by atomic mass is 16.3. The molecule has 0 saturated heterocycles. The van der Waals surface area contributed by atoms with Gasteiger partial charge < -0.3 is 18.6 Å². The molecule has 0 radical (unpaired) electrons. The van der Waals surface area contributed by atoms with Crippen molar-refractivity contribution in [3.8, 4) is 22.3 Å². The van der Waals surface area contributed by atoms with Gasteiger partial charge in [-0.15, -0.1) is 0 Å². The van der Waals surface area contributed by atoms with Crippen LogP contribution < -0.4 is 26.2 Å². The summed E-state index contributed by atoms with van der Waals surface area (Å²) in [5.74, 6) is 0.511. The van der Waals surface area contributed by atoms with E-state index in [1.165, 1.54) is 82.4 Å². The van der Waals surface area contributed by atoms with Gasteiger partial charge in [0.05, 0.1) is 0 Å². The fraction of sp³-hybridized carbons (Fsp3) is 0.115. The van der Waals surface area contributed by atoms with E-state index in [1.807, 2.05) is 6.07 Å². The molecule has 66 heavy (non-hydrogen) atoms. The normalized spacial score (nSPS) is 14.6. The third-order valence-corrected chi connectivity index (χ3v) is 14.9. The Morgan fingerprint density at radius 3 is 1.70 bits per heavy atom. The van der Waals surface area contributed by atoms with Crippen molar-refractivity contribution in [1.82, 2.24) is 0 Å². The Labute approximate surface area is 384 Å². The van der Waals surface area contributed by atoms with E-state index in [0.29, 0.717) is 5.92 Å². The lowest BCUT2D eigenvalue weighted by atomic mass is 9.33. The van der Waals surface area contributed by atoms with Gasteiger partial charge in [0.15, 0.2) is 0 Å². The van der Waals surface area contributed by atoms with Gasteiger partial charge in [-0.05, 0) is 125 Å². The topological polar surface area (TPSA) is 32.8 Å². The van der Waals surface area contributed by atoms with E-state index in [2.05, 4.69) is 199 Å². The molecule has 0 bridgehead atoms. The van der Waals surface area contributed by atoms with Crippen molar-refractivity contribution in [2.45, 2.75) is 44.9 Å². The quantitative estimate of drug-likeness (QED) is 0.162. The predicted octanol–water partition coefficient (Wildman–Crippen LogP) is 15.3. The molecular weight excluding hydrogens is 803 g/mol. The van der Waals surface area contributed by atoms with Crippen LogP contribution in [0.15, 0.2) is 197 Å². The lowest BCUT2D eigenvalue weighted by Crippen LogP contribution is -2.61. The second kappa shape index (κ2) is 14.6. The molecule has 1 fully saturated rings. The van der Waals surface area contributed by atoms with E-state index in [-0.39, 0.29) is 6.71 Å². The van der Waals surface area contributed by atoms with Crippen LogP contribution in [0, 0.1) is 6.92 Å². The molecule has 0 N–H and O–H groups in total. The molecule has 3 aliphatic rings. The minimum Gasteiger partial charge on any atom is -0.455 e. The summed E-state index contributed by atoms with van der Waals surface area (Å²) >= 11 is 0. The first-order valence-electron chi connectivity index (χ1n) is 23.6. The minimum absolute atomic E-state index is 0.00277. The average Bonchev–Trinajstić information content (AvgIpc) is 3.96. The van der Waals surface area contributed by atoms with Gasteiger partial charge in [-0.3, -0.25) is 0 Å². The van der Waals surface area contributed by atoms with E-state index in [0.717, 1.165) is 77.5 Å². The van der Waals surface area contributed by atoms with Gasteiger partial charge in [0.2, 0.25) is 0 Å². The van der Waals surface area contributed by atoms with E-state index >= 15 is 0 Å². The lowest BCUT2D eigenvalue weighted by Gasteiger charge is -2.45. The molecule has 14 rings (SSSR count). The Bertz CT molecular complexity index is 3730. The summed E-state index contributed by atoms with van der Waals surface area (Å²) in [5.41, 5.74) is 22.1. The third kappa shape index (κ3) is 5.65. The molecule has 5 heteroatoms. The SMILES string of the molecule is Cc1ccc2c(c1)N(c1ccc(-c3cccc4c3oc3ccccc34)cc1)c1cc(C3CCCCC3)cc3c1B2c1cc(-c2cccc4c2oc2ccccc24)ccc1N3c1ccccc1. The number of furan rings is 2. The molecular formula is C61H45BN2O2. The summed E-state index contributed by atoms with van der Waals surface area (Å²) in [7, 11) is 0. The van der Waals surface area contributed by atoms with Crippen LogP contribution in [0.25, 0.3) is 66.1 Å². The molecule has 2 aromatic heterocycles. The molecule has 0 amide bonds. The standard InChI is InChI=1S/C61H45BN2O2/c1-38-26-32-51-54(34-38)64(44-30-27-40(28-31-44)45-20-12-22-49-47-18-8-10-24-57(47)65-60(45)49)56-37-42(39-14-4-2-5-15-39)36-55-59(56)62(51)52-35-41(29-33-53(52)63(55)43-16-6-3-7-17-43)46-21-13-23-50-48-19-9-11-25-58(48)66-61(46)50/h3,6-13,16-37,39H,2,4-5,14-15H2,1H3. The van der Waals surface area contributed by atoms with Gasteiger partial charge in [-0.2, -0.15) is 0 Å². The number of hydrogen-bond acceptors (Lipinski definition) is 4. The molecule has 2 aliphatic heterocycles. The fourth-order valence-corrected chi connectivity index (χ4v) is 11.8. The smallest absolute Gasteiger partial charge is 0.252 e. The summed E-state index contributed by atoms with van der Waals surface area (Å²) in [4.78, 5) is 5.12. The zero-order valence-electron chi connectivity index (χ0n) is 36.8. The molecule has 1 saturated carbocycles. The highest BCUT2D eigenvalue weighted by Gasteiger charge is 2.44. The van der Waals surface area contributed by atoms with Crippen molar-refractivity contribution in [2.75, 3.05) is 9.80 Å². The number of fused-ring (bicyclic) bond motifs is 10. The molecule has 4 nitrogen and oxygen atoms in total. The summed E-state index contributed by atoms with van der Waals surface area (Å²) in [6, 6.07) is 69.4. The fourth-order valence-electron chi connectivity index (χ4n) is 11.8. The highest BCUT2D eigenvalue weighted by molar-refractivity contribution is 7.00. The van der Waals surface area contributed by atoms with E-state index in [1.54, 1.807) is 0 Å². The van der Waals surface area contributed by atoms with Gasteiger partial charge in [-0.25, -0.2) is 0 Å². The predicted molar refractivity (Wildman–Crippen MR) is 276 cm³/mol. The summed E-state index contributed by atoms with van der Waals surface area (Å²) < 4.78 is 13.2. The third-order valence-electron chi connectivity index (χ3n) is 14.9. The Morgan fingerprint density at radius 2 is 1.02 bits per heavy atom. The van der Waals surface area contributed by atoms with Gasteiger partial charge in [0.1, 0.15) is 22.3 Å². The highest BCUT2D eigenvalue weighted by Crippen LogP contribution is 2.48. The summed E-state index contributed by atoms with van der Waals surface area (Å²) in [6.07, 6.45) is 6.31. The van der Waals surface area contributed by atoms with Crippen LogP contribution in [-0.2, 0) is 0 Å². The van der Waals surface area contributed by atoms with Crippen LogP contribution >= 0.6 is 0 Å². The molecule has 0 atom stereocenters. The number of benzene rings is 9.